The van der Waals surface area contributed by atoms with Crippen molar-refractivity contribution in [3.8, 4) is 0 Å². The third kappa shape index (κ3) is 5.22. The maximum absolute atomic E-state index is 9.28. The fraction of sp³-hybridized carbons (Fsp3) is 1.00. The molecule has 2 unspecified atom stereocenters. The molecule has 2 atom stereocenters. The van der Waals surface area contributed by atoms with Gasteiger partial charge in [-0.25, -0.2) is 0 Å². The van der Waals surface area contributed by atoms with Crippen LogP contribution in [-0.2, 0) is 0 Å². The summed E-state index contributed by atoms with van der Waals surface area (Å²) < 4.78 is 0. The van der Waals surface area contributed by atoms with Crippen LogP contribution in [0.15, 0.2) is 0 Å². The highest BCUT2D eigenvalue weighted by molar-refractivity contribution is 4.90. The second kappa shape index (κ2) is 7.94. The summed E-state index contributed by atoms with van der Waals surface area (Å²) in [4.78, 5) is 2.65. The molecule has 21 heavy (non-hydrogen) atoms. The Morgan fingerprint density at radius 3 is 2.52 bits per heavy atom. The first-order valence-electron chi connectivity index (χ1n) is 9.10. The van der Waals surface area contributed by atoms with E-state index in [0.717, 1.165) is 12.5 Å². The highest BCUT2D eigenvalue weighted by Gasteiger charge is 2.35. The predicted octanol–water partition coefficient (Wildman–Crippen LogP) is 2.89. The largest absolute Gasteiger partial charge is 0.396 e. The van der Waals surface area contributed by atoms with Gasteiger partial charge in [0.25, 0.3) is 0 Å². The van der Waals surface area contributed by atoms with Crippen LogP contribution in [0.4, 0.5) is 0 Å². The molecule has 1 aliphatic carbocycles. The third-order valence-electron chi connectivity index (χ3n) is 5.63. The van der Waals surface area contributed by atoms with Gasteiger partial charge in [-0.05, 0) is 75.4 Å². The monoisotopic (exact) mass is 296 g/mol. The Balaban J connectivity index is 1.87. The molecule has 2 N–H and O–H groups in total. The van der Waals surface area contributed by atoms with Crippen molar-refractivity contribution in [3.63, 3.8) is 0 Å². The van der Waals surface area contributed by atoms with Crippen molar-refractivity contribution in [2.45, 2.75) is 65.3 Å². The smallest absolute Gasteiger partial charge is 0.0460 e. The van der Waals surface area contributed by atoms with Gasteiger partial charge in [-0.2, -0.15) is 0 Å². The molecular weight excluding hydrogens is 260 g/mol. The molecule has 3 heteroatoms. The van der Waals surface area contributed by atoms with Crippen molar-refractivity contribution in [1.29, 1.82) is 0 Å². The van der Waals surface area contributed by atoms with Crippen molar-refractivity contribution < 1.29 is 5.11 Å². The van der Waals surface area contributed by atoms with Gasteiger partial charge in [-0.1, -0.05) is 20.8 Å². The minimum atomic E-state index is 0.380. The number of hydrogen-bond donors (Lipinski definition) is 2. The number of hydrogen-bond acceptors (Lipinski definition) is 3. The van der Waals surface area contributed by atoms with Gasteiger partial charge in [0.1, 0.15) is 0 Å². The van der Waals surface area contributed by atoms with Gasteiger partial charge in [0.2, 0.25) is 0 Å². The highest BCUT2D eigenvalue weighted by Crippen LogP contribution is 2.39. The van der Waals surface area contributed by atoms with Crippen LogP contribution in [0.1, 0.15) is 59.3 Å². The first-order valence-corrected chi connectivity index (χ1v) is 9.10. The van der Waals surface area contributed by atoms with E-state index in [1.807, 2.05) is 0 Å². The first-order chi connectivity index (χ1) is 10.0. The lowest BCUT2D eigenvalue weighted by Crippen LogP contribution is -2.49. The molecule has 0 bridgehead atoms. The van der Waals surface area contributed by atoms with Gasteiger partial charge in [-0.3, -0.25) is 0 Å². The van der Waals surface area contributed by atoms with Crippen LogP contribution >= 0.6 is 0 Å². The second-order valence-electron chi connectivity index (χ2n) is 8.15. The van der Waals surface area contributed by atoms with Crippen molar-refractivity contribution in [2.24, 2.45) is 17.3 Å². The van der Waals surface area contributed by atoms with Crippen LogP contribution in [-0.4, -0.2) is 48.8 Å². The van der Waals surface area contributed by atoms with Crippen LogP contribution in [0, 0.1) is 17.3 Å². The Morgan fingerprint density at radius 2 is 1.90 bits per heavy atom. The first kappa shape index (κ1) is 17.2. The Morgan fingerprint density at radius 1 is 1.19 bits per heavy atom. The summed E-state index contributed by atoms with van der Waals surface area (Å²) >= 11 is 0. The van der Waals surface area contributed by atoms with Gasteiger partial charge in [0.15, 0.2) is 0 Å². The number of likely N-dealkylation sites (tertiary alicyclic amines) is 1. The van der Waals surface area contributed by atoms with Gasteiger partial charge in [0.05, 0.1) is 0 Å². The Bertz CT molecular complexity index is 298. The maximum Gasteiger partial charge on any atom is 0.0460 e. The second-order valence-corrected chi connectivity index (χ2v) is 8.15. The average molecular weight is 296 g/mol. The van der Waals surface area contributed by atoms with E-state index in [9.17, 15) is 5.11 Å². The van der Waals surface area contributed by atoms with Crippen molar-refractivity contribution in [3.05, 3.63) is 0 Å². The summed E-state index contributed by atoms with van der Waals surface area (Å²) in [5.74, 6) is 1.35. The highest BCUT2D eigenvalue weighted by atomic mass is 16.3. The number of aliphatic hydroxyl groups excluding tert-OH is 1. The fourth-order valence-electron chi connectivity index (χ4n) is 4.21. The van der Waals surface area contributed by atoms with E-state index in [1.165, 1.54) is 58.2 Å². The van der Waals surface area contributed by atoms with Crippen LogP contribution in [0.3, 0.4) is 0 Å². The summed E-state index contributed by atoms with van der Waals surface area (Å²) in [5.41, 5.74) is 0.512. The SMILES string of the molecule is CCCNC1CCC(C)(C)CC1CN1CCC(CO)CC1. The number of piperidine rings is 1. The molecule has 124 valence electrons. The topological polar surface area (TPSA) is 35.5 Å². The molecule has 0 aromatic carbocycles. The van der Waals surface area contributed by atoms with E-state index in [2.05, 4.69) is 31.0 Å². The zero-order valence-electron chi connectivity index (χ0n) is 14.4. The van der Waals surface area contributed by atoms with Crippen molar-refractivity contribution >= 4 is 0 Å². The minimum absolute atomic E-state index is 0.380. The Hall–Kier alpha value is -0.120. The number of nitrogens with zero attached hydrogens (tertiary/aromatic N) is 1. The Kier molecular flexibility index (Phi) is 6.51. The number of aliphatic hydroxyl groups is 1. The lowest BCUT2D eigenvalue weighted by Gasteiger charge is -2.44. The quantitative estimate of drug-likeness (QED) is 0.791. The lowest BCUT2D eigenvalue weighted by molar-refractivity contribution is 0.0733. The summed E-state index contributed by atoms with van der Waals surface area (Å²) in [6.45, 7) is 12.3. The van der Waals surface area contributed by atoms with E-state index in [1.54, 1.807) is 0 Å². The number of rotatable bonds is 6. The van der Waals surface area contributed by atoms with Gasteiger partial charge >= 0.3 is 0 Å². The normalized spacial score (nSPS) is 31.4. The molecule has 0 amide bonds. The standard InChI is InChI=1S/C18H36N2O/c1-4-9-19-17-5-8-18(2,3)12-16(17)13-20-10-6-15(14-21)7-11-20/h15-17,19,21H,4-14H2,1-3H3. The molecule has 2 aliphatic rings. The summed E-state index contributed by atoms with van der Waals surface area (Å²) in [7, 11) is 0. The summed E-state index contributed by atoms with van der Waals surface area (Å²) in [5, 5.41) is 13.1. The molecule has 1 saturated carbocycles. The molecule has 3 nitrogen and oxygen atoms in total. The molecule has 0 radical (unpaired) electrons. The molecule has 0 spiro atoms. The summed E-state index contributed by atoms with van der Waals surface area (Å²) in [6, 6.07) is 0.716. The molecule has 1 aliphatic heterocycles. The van der Waals surface area contributed by atoms with Crippen LogP contribution < -0.4 is 5.32 Å². The fourth-order valence-corrected chi connectivity index (χ4v) is 4.21. The van der Waals surface area contributed by atoms with E-state index in [-0.39, 0.29) is 0 Å². The molecule has 0 aromatic rings. The Labute approximate surface area is 131 Å². The molecule has 1 heterocycles. The molecule has 1 saturated heterocycles. The average Bonchev–Trinajstić information content (AvgIpc) is 2.47. The van der Waals surface area contributed by atoms with Gasteiger partial charge in [-0.15, -0.1) is 0 Å². The van der Waals surface area contributed by atoms with E-state index >= 15 is 0 Å². The van der Waals surface area contributed by atoms with Gasteiger partial charge < -0.3 is 15.3 Å². The zero-order valence-corrected chi connectivity index (χ0v) is 14.4. The molecule has 0 aromatic heterocycles. The van der Waals surface area contributed by atoms with Crippen molar-refractivity contribution in [2.75, 3.05) is 32.8 Å². The zero-order chi connectivity index (χ0) is 15.3. The number of nitrogens with one attached hydrogen (secondary N) is 1. The third-order valence-corrected chi connectivity index (χ3v) is 5.63. The molecular formula is C18H36N2O. The summed E-state index contributed by atoms with van der Waals surface area (Å²) in [6.07, 6.45) is 7.64. The lowest BCUT2D eigenvalue weighted by atomic mass is 9.69. The molecule has 2 fully saturated rings. The van der Waals surface area contributed by atoms with E-state index in [4.69, 9.17) is 0 Å². The minimum Gasteiger partial charge on any atom is -0.396 e. The van der Waals surface area contributed by atoms with E-state index < -0.39 is 0 Å². The maximum atomic E-state index is 9.28. The predicted molar refractivity (Wildman–Crippen MR) is 89.5 cm³/mol. The van der Waals surface area contributed by atoms with E-state index in [0.29, 0.717) is 24.0 Å². The van der Waals surface area contributed by atoms with Crippen LogP contribution in [0.2, 0.25) is 0 Å². The van der Waals surface area contributed by atoms with Crippen molar-refractivity contribution in [1.82, 2.24) is 10.2 Å². The van der Waals surface area contributed by atoms with Crippen LogP contribution in [0.5, 0.6) is 0 Å². The van der Waals surface area contributed by atoms with Gasteiger partial charge in [0, 0.05) is 19.2 Å². The van der Waals surface area contributed by atoms with Crippen LogP contribution in [0.25, 0.3) is 0 Å². The molecule has 2 rings (SSSR count).